The van der Waals surface area contributed by atoms with Gasteiger partial charge in [0.05, 0.1) is 27.6 Å². The van der Waals surface area contributed by atoms with Crippen LogP contribution in [-0.2, 0) is 16.4 Å². The van der Waals surface area contributed by atoms with Crippen LogP contribution in [-0.4, -0.2) is 66.1 Å². The van der Waals surface area contributed by atoms with E-state index in [4.69, 9.17) is 16.6 Å². The number of halogens is 1. The maximum absolute atomic E-state index is 14.3. The first kappa shape index (κ1) is 31.2. The molecule has 6 aromatic rings. The topological polar surface area (TPSA) is 138 Å². The van der Waals surface area contributed by atoms with Crippen LogP contribution in [0, 0.1) is 0 Å². The van der Waals surface area contributed by atoms with E-state index in [0.717, 1.165) is 60.2 Å². The number of pyridine rings is 1. The molecule has 5 heterocycles. The van der Waals surface area contributed by atoms with Crippen LogP contribution in [0.1, 0.15) is 4.88 Å². The second kappa shape index (κ2) is 13.0. The van der Waals surface area contributed by atoms with E-state index in [2.05, 4.69) is 30.5 Å². The summed E-state index contributed by atoms with van der Waals surface area (Å²) in [6, 6.07) is 16.9. The van der Waals surface area contributed by atoms with Gasteiger partial charge in [0.25, 0.3) is 15.4 Å². The molecule has 1 aliphatic rings. The van der Waals surface area contributed by atoms with E-state index in [9.17, 15) is 13.2 Å². The van der Waals surface area contributed by atoms with Crippen LogP contribution in [0.25, 0.3) is 11.0 Å². The first-order chi connectivity index (χ1) is 22.8. The number of sulfone groups is 1. The molecular formula is C31H28ClN9O3S3. The third kappa shape index (κ3) is 6.19. The summed E-state index contributed by atoms with van der Waals surface area (Å²) in [7, 11) is -2.18. The molecule has 0 bridgehead atoms. The summed E-state index contributed by atoms with van der Waals surface area (Å²) in [4.78, 5) is 36.1. The van der Waals surface area contributed by atoms with Gasteiger partial charge in [0.1, 0.15) is 11.3 Å². The average Bonchev–Trinajstić information content (AvgIpc) is 3.81. The van der Waals surface area contributed by atoms with Crippen molar-refractivity contribution in [1.29, 1.82) is 0 Å². The minimum absolute atomic E-state index is 0.0603. The molecule has 7 rings (SSSR count). The van der Waals surface area contributed by atoms with Crippen LogP contribution in [0.5, 0.6) is 0 Å². The molecule has 1 fully saturated rings. The van der Waals surface area contributed by atoms with Gasteiger partial charge >= 0.3 is 0 Å². The lowest BCUT2D eigenvalue weighted by atomic mass is 10.2. The molecule has 16 heteroatoms. The third-order valence-electron chi connectivity index (χ3n) is 7.77. The van der Waals surface area contributed by atoms with Crippen molar-refractivity contribution in [1.82, 2.24) is 29.8 Å². The number of nitrogens with zero attached hydrogens (tertiary/aromatic N) is 7. The first-order valence-corrected chi connectivity index (χ1v) is 18.2. The standard InChI is InChI=1S/C31H28ClN9O3S3/c1-39(22-5-3-2-4-6-22)25-15-20-17-35-30(37-21-7-8-24(23(32)16-21)40-12-9-33-10-13-40)38-27(20)41(29(25)42)18-26-28(36-19-46-26)47(43,44)31-34-11-14-45-31/h2-8,11,14-17,19,33H,9-10,12-13,18H2,1H3,(H,35,37,38). The van der Waals surface area contributed by atoms with E-state index >= 15 is 0 Å². The number of hydrogen-bond donors (Lipinski definition) is 2. The zero-order chi connectivity index (χ0) is 32.5. The van der Waals surface area contributed by atoms with Gasteiger partial charge in [-0.05, 0) is 36.4 Å². The average molecular weight is 706 g/mol. The first-order valence-electron chi connectivity index (χ1n) is 14.6. The Morgan fingerprint density at radius 3 is 2.60 bits per heavy atom. The van der Waals surface area contributed by atoms with Gasteiger partial charge < -0.3 is 20.4 Å². The molecule has 0 radical (unpaired) electrons. The van der Waals surface area contributed by atoms with Gasteiger partial charge in [-0.1, -0.05) is 29.8 Å². The number of piperazine rings is 1. The molecule has 240 valence electrons. The molecule has 2 N–H and O–H groups in total. The van der Waals surface area contributed by atoms with E-state index in [1.54, 1.807) is 29.6 Å². The van der Waals surface area contributed by atoms with Crippen molar-refractivity contribution < 1.29 is 8.42 Å². The van der Waals surface area contributed by atoms with E-state index in [1.165, 1.54) is 16.3 Å². The van der Waals surface area contributed by atoms with Crippen LogP contribution in [0.4, 0.5) is 28.7 Å². The number of benzene rings is 2. The second-order valence-electron chi connectivity index (χ2n) is 10.7. The lowest BCUT2D eigenvalue weighted by molar-refractivity contribution is 0.589. The molecule has 1 saturated heterocycles. The van der Waals surface area contributed by atoms with Crippen LogP contribution in [0.2, 0.25) is 5.02 Å². The minimum atomic E-state index is -3.99. The Morgan fingerprint density at radius 1 is 1.04 bits per heavy atom. The van der Waals surface area contributed by atoms with Gasteiger partial charge in [0, 0.05) is 67.8 Å². The Kier molecular flexibility index (Phi) is 8.63. The summed E-state index contributed by atoms with van der Waals surface area (Å²) in [5.74, 6) is 0.251. The zero-order valence-corrected chi connectivity index (χ0v) is 28.2. The summed E-state index contributed by atoms with van der Waals surface area (Å²) in [5.41, 5.74) is 4.24. The Bertz CT molecular complexity index is 2220. The van der Waals surface area contributed by atoms with Gasteiger partial charge in [0.15, 0.2) is 5.03 Å². The van der Waals surface area contributed by atoms with Crippen molar-refractivity contribution in [3.05, 3.63) is 98.1 Å². The number of anilines is 5. The Morgan fingerprint density at radius 2 is 1.85 bits per heavy atom. The fourth-order valence-corrected chi connectivity index (χ4v) is 9.08. The van der Waals surface area contributed by atoms with Crippen molar-refractivity contribution in [2.75, 3.05) is 48.3 Å². The summed E-state index contributed by atoms with van der Waals surface area (Å²) in [6.45, 7) is 3.44. The molecule has 0 saturated carbocycles. The van der Waals surface area contributed by atoms with Crippen molar-refractivity contribution in [2.24, 2.45) is 0 Å². The fraction of sp³-hybridized carbons (Fsp3) is 0.194. The molecule has 0 spiro atoms. The summed E-state index contributed by atoms with van der Waals surface area (Å²) >= 11 is 8.85. The maximum Gasteiger partial charge on any atom is 0.276 e. The highest BCUT2D eigenvalue weighted by Crippen LogP contribution is 2.32. The monoisotopic (exact) mass is 705 g/mol. The predicted molar refractivity (Wildman–Crippen MR) is 187 cm³/mol. The number of fused-ring (bicyclic) bond motifs is 1. The molecule has 47 heavy (non-hydrogen) atoms. The number of thiazole rings is 2. The second-order valence-corrected chi connectivity index (χ2v) is 15.0. The van der Waals surface area contributed by atoms with E-state index in [1.807, 2.05) is 48.5 Å². The molecule has 0 amide bonds. The van der Waals surface area contributed by atoms with Gasteiger partial charge in [-0.25, -0.2) is 23.4 Å². The molecule has 2 aromatic carbocycles. The number of aromatic nitrogens is 5. The Hall–Kier alpha value is -4.41. The number of para-hydroxylation sites is 1. The van der Waals surface area contributed by atoms with E-state index in [-0.39, 0.29) is 27.4 Å². The lowest BCUT2D eigenvalue weighted by Crippen LogP contribution is -2.43. The van der Waals surface area contributed by atoms with Gasteiger partial charge in [-0.3, -0.25) is 9.36 Å². The molecule has 1 aliphatic heterocycles. The quantitative estimate of drug-likeness (QED) is 0.206. The van der Waals surface area contributed by atoms with Crippen molar-refractivity contribution in [3.8, 4) is 0 Å². The number of rotatable bonds is 9. The summed E-state index contributed by atoms with van der Waals surface area (Å²) in [6.07, 6.45) is 3.07. The Labute approximate surface area is 283 Å². The Balaban J connectivity index is 1.30. The van der Waals surface area contributed by atoms with Crippen molar-refractivity contribution in [3.63, 3.8) is 0 Å². The zero-order valence-electron chi connectivity index (χ0n) is 25.0. The smallest absolute Gasteiger partial charge is 0.276 e. The van der Waals surface area contributed by atoms with Gasteiger partial charge in [0.2, 0.25) is 10.3 Å². The van der Waals surface area contributed by atoms with Gasteiger partial charge in [-0.15, -0.1) is 22.7 Å². The maximum atomic E-state index is 14.3. The normalized spacial score (nSPS) is 13.6. The largest absolute Gasteiger partial charge is 0.368 e. The number of nitrogens with one attached hydrogen (secondary N) is 2. The van der Waals surface area contributed by atoms with E-state index in [0.29, 0.717) is 32.3 Å². The van der Waals surface area contributed by atoms with Gasteiger partial charge in [-0.2, -0.15) is 4.98 Å². The van der Waals surface area contributed by atoms with Crippen LogP contribution >= 0.6 is 34.3 Å². The summed E-state index contributed by atoms with van der Waals surface area (Å²) < 4.78 is 28.3. The van der Waals surface area contributed by atoms with Crippen LogP contribution in [0.15, 0.2) is 92.0 Å². The van der Waals surface area contributed by atoms with E-state index < -0.39 is 9.84 Å². The lowest BCUT2D eigenvalue weighted by Gasteiger charge is -2.30. The minimum Gasteiger partial charge on any atom is -0.368 e. The highest BCUT2D eigenvalue weighted by atomic mass is 35.5. The summed E-state index contributed by atoms with van der Waals surface area (Å²) in [5, 5.41) is 9.21. The number of hydrogen-bond acceptors (Lipinski definition) is 13. The predicted octanol–water partition coefficient (Wildman–Crippen LogP) is 5.16. The highest BCUT2D eigenvalue weighted by molar-refractivity contribution is 7.93. The van der Waals surface area contributed by atoms with Crippen LogP contribution in [0.3, 0.4) is 0 Å². The third-order valence-corrected chi connectivity index (χ3v) is 12.0. The molecule has 0 atom stereocenters. The fourth-order valence-electron chi connectivity index (χ4n) is 5.41. The highest BCUT2D eigenvalue weighted by Gasteiger charge is 2.28. The van der Waals surface area contributed by atoms with Crippen LogP contribution < -0.4 is 26.0 Å². The molecular weight excluding hydrogens is 678 g/mol. The molecule has 0 unspecified atom stereocenters. The molecule has 4 aromatic heterocycles. The van der Waals surface area contributed by atoms with Crippen molar-refractivity contribution in [2.45, 2.75) is 15.9 Å². The SMILES string of the molecule is CN(c1ccccc1)c1cc2cnc(Nc3ccc(N4CCNCC4)c(Cl)c3)nc2n(Cc2scnc2S(=O)(=O)c2nccs2)c1=O. The molecule has 12 nitrogen and oxygen atoms in total. The van der Waals surface area contributed by atoms with Crippen molar-refractivity contribution >= 4 is 83.8 Å². The molecule has 0 aliphatic carbocycles.